The number of benzene rings is 1. The van der Waals surface area contributed by atoms with E-state index in [4.69, 9.17) is 4.74 Å². The number of piperidine rings is 1. The maximum absolute atomic E-state index is 12.2. The van der Waals surface area contributed by atoms with E-state index in [9.17, 15) is 9.90 Å². The van der Waals surface area contributed by atoms with Crippen molar-refractivity contribution in [1.29, 1.82) is 0 Å². The van der Waals surface area contributed by atoms with Gasteiger partial charge >= 0.3 is 6.09 Å². The molecule has 1 amide bonds. The predicted molar refractivity (Wildman–Crippen MR) is 95.0 cm³/mol. The summed E-state index contributed by atoms with van der Waals surface area (Å²) >= 11 is 0. The lowest BCUT2D eigenvalue weighted by molar-refractivity contribution is 0.0175. The van der Waals surface area contributed by atoms with Crippen molar-refractivity contribution in [2.45, 2.75) is 19.1 Å². The Hall–Kier alpha value is -2.60. The van der Waals surface area contributed by atoms with Gasteiger partial charge in [0, 0.05) is 37.1 Å². The number of ether oxygens (including phenoxy) is 1. The fraction of sp³-hybridized carbons (Fsp3) is 0.368. The molecule has 0 spiro atoms. The lowest BCUT2D eigenvalue weighted by Crippen LogP contribution is -2.48. The van der Waals surface area contributed by atoms with Gasteiger partial charge in [0.05, 0.1) is 12.6 Å². The number of carbonyl (C=O) groups excluding carboxylic acids is 1. The summed E-state index contributed by atoms with van der Waals surface area (Å²) in [6.45, 7) is 1.81. The Morgan fingerprint density at radius 1 is 1.24 bits per heavy atom. The molecule has 2 aromatic rings. The van der Waals surface area contributed by atoms with Crippen molar-refractivity contribution in [3.05, 3.63) is 60.4 Å². The Labute approximate surface area is 147 Å². The molecule has 132 valence electrons. The Morgan fingerprint density at radius 2 is 2.00 bits per heavy atom. The molecule has 1 aromatic heterocycles. The molecule has 0 radical (unpaired) electrons. The smallest absolute Gasteiger partial charge is 0.410 e. The zero-order valence-electron chi connectivity index (χ0n) is 14.0. The SMILES string of the molecule is O=C(OCc1ccccc1)N1CCC(CNc2ccncc2)C(O)C1. The van der Waals surface area contributed by atoms with E-state index in [2.05, 4.69) is 10.3 Å². The number of hydrogen-bond donors (Lipinski definition) is 2. The van der Waals surface area contributed by atoms with Crippen molar-refractivity contribution >= 4 is 11.8 Å². The summed E-state index contributed by atoms with van der Waals surface area (Å²) in [5.74, 6) is 0.103. The molecule has 1 aliphatic heterocycles. The molecule has 1 aliphatic rings. The number of aromatic nitrogens is 1. The van der Waals surface area contributed by atoms with Gasteiger partial charge < -0.3 is 20.1 Å². The monoisotopic (exact) mass is 341 g/mol. The second kappa shape index (κ2) is 8.48. The number of likely N-dealkylation sites (tertiary alicyclic amines) is 1. The third-order valence-corrected chi connectivity index (χ3v) is 4.43. The lowest BCUT2D eigenvalue weighted by atomic mass is 9.94. The van der Waals surface area contributed by atoms with E-state index in [1.54, 1.807) is 17.3 Å². The topological polar surface area (TPSA) is 74.7 Å². The standard InChI is InChI=1S/C19H23N3O3/c23-18-13-22(19(24)25-14-15-4-2-1-3-5-15)11-8-16(18)12-21-17-6-9-20-10-7-17/h1-7,9-10,16,18,23H,8,11-14H2,(H,20,21). The van der Waals surface area contributed by atoms with Gasteiger partial charge in [0.2, 0.25) is 0 Å². The van der Waals surface area contributed by atoms with Crippen LogP contribution < -0.4 is 5.32 Å². The number of β-amino-alcohol motifs (C(OH)–C–C–N with tert-alkyl or cyclic N) is 1. The number of nitrogens with one attached hydrogen (secondary N) is 1. The van der Waals surface area contributed by atoms with Crippen LogP contribution in [0, 0.1) is 5.92 Å². The van der Waals surface area contributed by atoms with Gasteiger partial charge in [0.15, 0.2) is 0 Å². The van der Waals surface area contributed by atoms with Crippen LogP contribution in [0.4, 0.5) is 10.5 Å². The Balaban J connectivity index is 1.43. The summed E-state index contributed by atoms with van der Waals surface area (Å²) in [6.07, 6.45) is 3.25. The number of hydrogen-bond acceptors (Lipinski definition) is 5. The van der Waals surface area contributed by atoms with E-state index in [1.165, 1.54) is 0 Å². The highest BCUT2D eigenvalue weighted by Crippen LogP contribution is 2.20. The van der Waals surface area contributed by atoms with Gasteiger partial charge in [0.1, 0.15) is 6.61 Å². The molecule has 1 aromatic carbocycles. The molecular weight excluding hydrogens is 318 g/mol. The summed E-state index contributed by atoms with van der Waals surface area (Å²) in [5.41, 5.74) is 1.93. The number of carbonyl (C=O) groups is 1. The molecule has 6 heteroatoms. The van der Waals surface area contributed by atoms with Gasteiger partial charge in [0.25, 0.3) is 0 Å². The van der Waals surface area contributed by atoms with Crippen LogP contribution in [-0.4, -0.2) is 46.8 Å². The number of rotatable bonds is 5. The van der Waals surface area contributed by atoms with Gasteiger partial charge in [-0.05, 0) is 24.1 Å². The molecule has 2 heterocycles. The quantitative estimate of drug-likeness (QED) is 0.874. The molecule has 2 unspecified atom stereocenters. The number of aliphatic hydroxyl groups is 1. The van der Waals surface area contributed by atoms with Crippen LogP contribution in [0.5, 0.6) is 0 Å². The minimum Gasteiger partial charge on any atom is -0.445 e. The Morgan fingerprint density at radius 3 is 2.72 bits per heavy atom. The summed E-state index contributed by atoms with van der Waals surface area (Å²) in [4.78, 5) is 17.7. The summed E-state index contributed by atoms with van der Waals surface area (Å²) in [7, 11) is 0. The highest BCUT2D eigenvalue weighted by Gasteiger charge is 2.30. The van der Waals surface area contributed by atoms with Crippen LogP contribution >= 0.6 is 0 Å². The van der Waals surface area contributed by atoms with Crippen LogP contribution in [0.1, 0.15) is 12.0 Å². The van der Waals surface area contributed by atoms with Crippen molar-refractivity contribution < 1.29 is 14.6 Å². The van der Waals surface area contributed by atoms with Gasteiger partial charge in [-0.25, -0.2) is 4.79 Å². The average molecular weight is 341 g/mol. The minimum atomic E-state index is -0.563. The van der Waals surface area contributed by atoms with Crippen molar-refractivity contribution in [3.63, 3.8) is 0 Å². The Kier molecular flexibility index (Phi) is 5.85. The van der Waals surface area contributed by atoms with E-state index >= 15 is 0 Å². The van der Waals surface area contributed by atoms with E-state index in [0.29, 0.717) is 19.6 Å². The second-order valence-electron chi connectivity index (χ2n) is 6.22. The van der Waals surface area contributed by atoms with E-state index in [1.807, 2.05) is 42.5 Å². The predicted octanol–water partition coefficient (Wildman–Crippen LogP) is 2.51. The number of amides is 1. The molecule has 3 rings (SSSR count). The molecular formula is C19H23N3O3. The van der Waals surface area contributed by atoms with Crippen LogP contribution in [0.3, 0.4) is 0 Å². The molecule has 1 saturated heterocycles. The average Bonchev–Trinajstić information content (AvgIpc) is 2.66. The fourth-order valence-electron chi connectivity index (χ4n) is 2.91. The molecule has 2 atom stereocenters. The first kappa shape index (κ1) is 17.2. The fourth-order valence-corrected chi connectivity index (χ4v) is 2.91. The normalized spacial score (nSPS) is 20.1. The number of anilines is 1. The summed E-state index contributed by atoms with van der Waals surface area (Å²) < 4.78 is 5.33. The molecule has 25 heavy (non-hydrogen) atoms. The van der Waals surface area contributed by atoms with Crippen molar-refractivity contribution in [2.75, 3.05) is 25.0 Å². The highest BCUT2D eigenvalue weighted by atomic mass is 16.6. The first-order chi connectivity index (χ1) is 12.2. The van der Waals surface area contributed by atoms with Gasteiger partial charge in [-0.1, -0.05) is 30.3 Å². The maximum Gasteiger partial charge on any atom is 0.410 e. The maximum atomic E-state index is 12.2. The molecule has 2 N–H and O–H groups in total. The third kappa shape index (κ3) is 4.93. The van der Waals surface area contributed by atoms with E-state index in [0.717, 1.165) is 17.7 Å². The second-order valence-corrected chi connectivity index (χ2v) is 6.22. The van der Waals surface area contributed by atoms with Crippen molar-refractivity contribution in [1.82, 2.24) is 9.88 Å². The zero-order valence-corrected chi connectivity index (χ0v) is 14.0. The minimum absolute atomic E-state index is 0.103. The zero-order chi connectivity index (χ0) is 17.5. The number of aliphatic hydroxyl groups excluding tert-OH is 1. The van der Waals surface area contributed by atoms with Gasteiger partial charge in [-0.15, -0.1) is 0 Å². The lowest BCUT2D eigenvalue weighted by Gasteiger charge is -2.35. The Bertz CT molecular complexity index is 666. The molecule has 0 bridgehead atoms. The van der Waals surface area contributed by atoms with Crippen LogP contribution in [0.2, 0.25) is 0 Å². The molecule has 0 saturated carbocycles. The van der Waals surface area contributed by atoms with Gasteiger partial charge in [-0.2, -0.15) is 0 Å². The van der Waals surface area contributed by atoms with E-state index < -0.39 is 6.10 Å². The first-order valence-electron chi connectivity index (χ1n) is 8.50. The number of nitrogens with zero attached hydrogens (tertiary/aromatic N) is 2. The summed E-state index contributed by atoms with van der Waals surface area (Å²) in [5, 5.41) is 13.7. The molecule has 6 nitrogen and oxygen atoms in total. The van der Waals surface area contributed by atoms with Crippen molar-refractivity contribution in [2.24, 2.45) is 5.92 Å². The third-order valence-electron chi connectivity index (χ3n) is 4.43. The van der Waals surface area contributed by atoms with Gasteiger partial charge in [-0.3, -0.25) is 4.98 Å². The highest BCUT2D eigenvalue weighted by molar-refractivity contribution is 5.67. The summed E-state index contributed by atoms with van der Waals surface area (Å²) in [6, 6.07) is 13.4. The largest absolute Gasteiger partial charge is 0.445 e. The molecule has 0 aliphatic carbocycles. The van der Waals surface area contributed by atoms with Crippen molar-refractivity contribution in [3.8, 4) is 0 Å². The van der Waals surface area contributed by atoms with E-state index in [-0.39, 0.29) is 18.6 Å². The number of pyridine rings is 1. The molecule has 1 fully saturated rings. The van der Waals surface area contributed by atoms with Crippen LogP contribution in [0.15, 0.2) is 54.9 Å². The first-order valence-corrected chi connectivity index (χ1v) is 8.50. The van der Waals surface area contributed by atoms with Crippen LogP contribution in [0.25, 0.3) is 0 Å². The van der Waals surface area contributed by atoms with Crippen LogP contribution in [-0.2, 0) is 11.3 Å².